The van der Waals surface area contributed by atoms with Crippen molar-refractivity contribution in [3.63, 3.8) is 0 Å². The molecule has 0 unspecified atom stereocenters. The molecule has 19 heavy (non-hydrogen) atoms. The number of hydrogen-bond acceptors (Lipinski definition) is 5. The summed E-state index contributed by atoms with van der Waals surface area (Å²) in [5, 5.41) is 12.6. The molecule has 0 fully saturated rings. The summed E-state index contributed by atoms with van der Waals surface area (Å²) in [6.07, 6.45) is 1.41. The second-order valence-corrected chi connectivity index (χ2v) is 3.66. The first kappa shape index (κ1) is 12.9. The third-order valence-electron chi connectivity index (χ3n) is 2.35. The minimum atomic E-state index is -0.922. The molecule has 1 aromatic carbocycles. The van der Waals surface area contributed by atoms with Gasteiger partial charge >= 0.3 is 12.0 Å². The van der Waals surface area contributed by atoms with Gasteiger partial charge < -0.3 is 14.6 Å². The standard InChI is InChI=1S/C12H13N3O4/c1-18-10-4-2-9(3-5-10)15-8-13-12(14-15)19-7-6-11(16)17/h2-5,8H,6-7H2,1H3,(H,16,17). The third-order valence-corrected chi connectivity index (χ3v) is 2.35. The van der Waals surface area contributed by atoms with Gasteiger partial charge in [-0.05, 0) is 24.3 Å². The van der Waals surface area contributed by atoms with Crippen LogP contribution in [0.25, 0.3) is 5.69 Å². The number of carboxylic acid groups (broad SMARTS) is 1. The van der Waals surface area contributed by atoms with Crippen LogP contribution in [-0.2, 0) is 4.79 Å². The van der Waals surface area contributed by atoms with E-state index in [4.69, 9.17) is 14.6 Å². The normalized spacial score (nSPS) is 10.2. The molecule has 2 rings (SSSR count). The van der Waals surface area contributed by atoms with Gasteiger partial charge in [-0.2, -0.15) is 4.98 Å². The Balaban J connectivity index is 2.01. The van der Waals surface area contributed by atoms with Crippen LogP contribution in [-0.4, -0.2) is 39.6 Å². The average Bonchev–Trinajstić information content (AvgIpc) is 2.87. The van der Waals surface area contributed by atoms with Gasteiger partial charge in [0.25, 0.3) is 0 Å². The number of nitrogens with zero attached hydrogens (tertiary/aromatic N) is 3. The molecule has 0 amide bonds. The van der Waals surface area contributed by atoms with Crippen molar-refractivity contribution < 1.29 is 19.4 Å². The SMILES string of the molecule is COc1ccc(-n2cnc(OCCC(=O)O)n2)cc1. The molecule has 100 valence electrons. The first-order chi connectivity index (χ1) is 9.19. The van der Waals surface area contributed by atoms with E-state index in [0.29, 0.717) is 0 Å². The molecule has 1 N–H and O–H groups in total. The summed E-state index contributed by atoms with van der Waals surface area (Å²) in [6.45, 7) is 0.0436. The van der Waals surface area contributed by atoms with E-state index in [0.717, 1.165) is 11.4 Å². The van der Waals surface area contributed by atoms with Crippen LogP contribution in [0.4, 0.5) is 0 Å². The summed E-state index contributed by atoms with van der Waals surface area (Å²) < 4.78 is 11.7. The van der Waals surface area contributed by atoms with E-state index in [1.54, 1.807) is 7.11 Å². The maximum absolute atomic E-state index is 10.3. The molecule has 0 bridgehead atoms. The topological polar surface area (TPSA) is 86.5 Å². The van der Waals surface area contributed by atoms with Crippen molar-refractivity contribution in [3.05, 3.63) is 30.6 Å². The number of carbonyl (C=O) groups is 1. The van der Waals surface area contributed by atoms with Crippen LogP contribution in [0.2, 0.25) is 0 Å². The molecule has 1 aromatic heterocycles. The van der Waals surface area contributed by atoms with Gasteiger partial charge in [-0.1, -0.05) is 0 Å². The summed E-state index contributed by atoms with van der Waals surface area (Å²) in [6, 6.07) is 7.42. The molecular weight excluding hydrogens is 250 g/mol. The van der Waals surface area contributed by atoms with Crippen molar-refractivity contribution in [2.75, 3.05) is 13.7 Å². The fourth-order valence-electron chi connectivity index (χ4n) is 1.40. The van der Waals surface area contributed by atoms with E-state index in [-0.39, 0.29) is 19.0 Å². The molecule has 0 radical (unpaired) electrons. The lowest BCUT2D eigenvalue weighted by atomic mass is 10.3. The summed E-state index contributed by atoms with van der Waals surface area (Å²) >= 11 is 0. The maximum atomic E-state index is 10.3. The number of carboxylic acids is 1. The highest BCUT2D eigenvalue weighted by molar-refractivity contribution is 5.66. The molecule has 1 heterocycles. The Kier molecular flexibility index (Phi) is 3.97. The quantitative estimate of drug-likeness (QED) is 0.840. The second-order valence-electron chi connectivity index (χ2n) is 3.66. The predicted molar refractivity (Wildman–Crippen MR) is 65.7 cm³/mol. The smallest absolute Gasteiger partial charge is 0.335 e. The minimum absolute atomic E-state index is 0.0436. The fraction of sp³-hybridized carbons (Fsp3) is 0.250. The maximum Gasteiger partial charge on any atom is 0.335 e. The zero-order chi connectivity index (χ0) is 13.7. The van der Waals surface area contributed by atoms with E-state index in [1.165, 1.54) is 11.0 Å². The summed E-state index contributed by atoms with van der Waals surface area (Å²) in [5.41, 5.74) is 0.807. The highest BCUT2D eigenvalue weighted by Gasteiger charge is 2.05. The van der Waals surface area contributed by atoms with Crippen LogP contribution >= 0.6 is 0 Å². The van der Waals surface area contributed by atoms with Crippen molar-refractivity contribution >= 4 is 5.97 Å². The van der Waals surface area contributed by atoms with E-state index in [9.17, 15) is 4.79 Å². The number of aromatic nitrogens is 3. The van der Waals surface area contributed by atoms with Gasteiger partial charge in [0.2, 0.25) is 0 Å². The molecule has 0 saturated heterocycles. The molecule has 7 heteroatoms. The summed E-state index contributed by atoms with van der Waals surface area (Å²) in [7, 11) is 1.60. The monoisotopic (exact) mass is 263 g/mol. The van der Waals surface area contributed by atoms with Crippen molar-refractivity contribution in [1.82, 2.24) is 14.8 Å². The Labute approximate surface area is 109 Å². The van der Waals surface area contributed by atoms with Gasteiger partial charge in [-0.3, -0.25) is 4.79 Å². The lowest BCUT2D eigenvalue weighted by molar-refractivity contribution is -0.137. The highest BCUT2D eigenvalue weighted by atomic mass is 16.5. The second kappa shape index (κ2) is 5.85. The molecule has 0 atom stereocenters. The Morgan fingerprint density at radius 2 is 2.11 bits per heavy atom. The molecule has 7 nitrogen and oxygen atoms in total. The van der Waals surface area contributed by atoms with Gasteiger partial charge in [-0.25, -0.2) is 4.68 Å². The minimum Gasteiger partial charge on any atom is -0.497 e. The largest absolute Gasteiger partial charge is 0.497 e. The molecule has 0 aliphatic heterocycles. The number of methoxy groups -OCH3 is 1. The Morgan fingerprint density at radius 3 is 2.74 bits per heavy atom. The molecule has 0 aliphatic carbocycles. The van der Waals surface area contributed by atoms with Gasteiger partial charge in [-0.15, -0.1) is 5.10 Å². The Morgan fingerprint density at radius 1 is 1.37 bits per heavy atom. The number of hydrogen-bond donors (Lipinski definition) is 1. The van der Waals surface area contributed by atoms with Gasteiger partial charge in [0, 0.05) is 0 Å². The highest BCUT2D eigenvalue weighted by Crippen LogP contribution is 2.14. The Bertz CT molecular complexity index is 550. The third kappa shape index (κ3) is 3.44. The number of benzene rings is 1. The van der Waals surface area contributed by atoms with Gasteiger partial charge in [0.05, 0.1) is 19.2 Å². The van der Waals surface area contributed by atoms with Crippen molar-refractivity contribution in [2.24, 2.45) is 0 Å². The summed E-state index contributed by atoms with van der Waals surface area (Å²) in [4.78, 5) is 14.3. The molecule has 0 spiro atoms. The van der Waals surface area contributed by atoms with Crippen molar-refractivity contribution in [3.8, 4) is 17.4 Å². The van der Waals surface area contributed by atoms with Crippen LogP contribution in [0.15, 0.2) is 30.6 Å². The van der Waals surface area contributed by atoms with Crippen LogP contribution in [0.1, 0.15) is 6.42 Å². The van der Waals surface area contributed by atoms with Crippen LogP contribution in [0, 0.1) is 0 Å². The van der Waals surface area contributed by atoms with E-state index >= 15 is 0 Å². The zero-order valence-corrected chi connectivity index (χ0v) is 10.3. The molecule has 0 aliphatic rings. The average molecular weight is 263 g/mol. The number of rotatable bonds is 6. The first-order valence-electron chi connectivity index (χ1n) is 5.60. The van der Waals surface area contributed by atoms with E-state index in [2.05, 4.69) is 10.1 Å². The van der Waals surface area contributed by atoms with E-state index in [1.807, 2.05) is 24.3 Å². The first-order valence-corrected chi connectivity index (χ1v) is 5.60. The van der Waals surface area contributed by atoms with Crippen LogP contribution in [0.5, 0.6) is 11.8 Å². The molecule has 0 saturated carbocycles. The zero-order valence-electron chi connectivity index (χ0n) is 10.3. The van der Waals surface area contributed by atoms with Crippen LogP contribution < -0.4 is 9.47 Å². The van der Waals surface area contributed by atoms with Crippen molar-refractivity contribution in [2.45, 2.75) is 6.42 Å². The molecule has 2 aromatic rings. The fourth-order valence-corrected chi connectivity index (χ4v) is 1.40. The number of aliphatic carboxylic acids is 1. The summed E-state index contributed by atoms with van der Waals surface area (Å²) in [5.74, 6) is -0.170. The lowest BCUT2D eigenvalue weighted by Gasteiger charge is -2.02. The van der Waals surface area contributed by atoms with Crippen molar-refractivity contribution in [1.29, 1.82) is 0 Å². The lowest BCUT2D eigenvalue weighted by Crippen LogP contribution is -2.06. The van der Waals surface area contributed by atoms with Crippen LogP contribution in [0.3, 0.4) is 0 Å². The van der Waals surface area contributed by atoms with Gasteiger partial charge in [0.15, 0.2) is 0 Å². The molecular formula is C12H13N3O4. The number of ether oxygens (including phenoxy) is 2. The van der Waals surface area contributed by atoms with Gasteiger partial charge in [0.1, 0.15) is 18.7 Å². The predicted octanol–water partition coefficient (Wildman–Crippen LogP) is 1.13. The Hall–Kier alpha value is -2.57. The van der Waals surface area contributed by atoms with E-state index < -0.39 is 5.97 Å².